The second kappa shape index (κ2) is 10.2. The van der Waals surface area contributed by atoms with E-state index in [1.54, 1.807) is 20.2 Å². The van der Waals surface area contributed by atoms with Crippen LogP contribution in [0, 0.1) is 0 Å². The van der Waals surface area contributed by atoms with Crippen molar-refractivity contribution in [1.82, 2.24) is 16.0 Å². The van der Waals surface area contributed by atoms with Crippen LogP contribution in [0.5, 0.6) is 0 Å². The standard InChI is InChI=1S/C18H30N4O2S/c1-18(2,3)25(24)12-11-22-17(20-5)21-10-9-14-7-6-8-15(13-14)16(23)19-4/h6-8,13H,9-12H2,1-5H3,(H,19,23)(H2,20,21,22). The van der Waals surface area contributed by atoms with Gasteiger partial charge in [-0.2, -0.15) is 0 Å². The van der Waals surface area contributed by atoms with Crippen molar-refractivity contribution in [3.63, 3.8) is 0 Å². The summed E-state index contributed by atoms with van der Waals surface area (Å²) in [5.74, 6) is 1.19. The topological polar surface area (TPSA) is 82.6 Å². The Labute approximate surface area is 153 Å². The van der Waals surface area contributed by atoms with E-state index in [-0.39, 0.29) is 10.7 Å². The molecule has 0 aliphatic rings. The van der Waals surface area contributed by atoms with E-state index < -0.39 is 10.8 Å². The Kier molecular flexibility index (Phi) is 8.61. The molecule has 1 rings (SSSR count). The highest BCUT2D eigenvalue weighted by Gasteiger charge is 2.18. The Bertz CT molecular complexity index is 624. The summed E-state index contributed by atoms with van der Waals surface area (Å²) < 4.78 is 11.8. The summed E-state index contributed by atoms with van der Waals surface area (Å²) in [5, 5.41) is 9.04. The fraction of sp³-hybridized carbons (Fsp3) is 0.556. The van der Waals surface area contributed by atoms with Gasteiger partial charge in [0.15, 0.2) is 5.96 Å². The minimum Gasteiger partial charge on any atom is -0.356 e. The first-order valence-electron chi connectivity index (χ1n) is 8.42. The van der Waals surface area contributed by atoms with Gasteiger partial charge in [-0.25, -0.2) is 0 Å². The van der Waals surface area contributed by atoms with Crippen molar-refractivity contribution in [2.75, 3.05) is 32.9 Å². The lowest BCUT2D eigenvalue weighted by Crippen LogP contribution is -2.41. The minimum absolute atomic E-state index is 0.0841. The number of aliphatic imine (C=N–C) groups is 1. The number of nitrogens with one attached hydrogen (secondary N) is 3. The summed E-state index contributed by atoms with van der Waals surface area (Å²) in [5.41, 5.74) is 1.74. The summed E-state index contributed by atoms with van der Waals surface area (Å²) in [6.45, 7) is 7.23. The van der Waals surface area contributed by atoms with Crippen molar-refractivity contribution >= 4 is 22.7 Å². The average molecular weight is 367 g/mol. The third-order valence-corrected chi connectivity index (χ3v) is 5.55. The number of benzene rings is 1. The number of amides is 1. The highest BCUT2D eigenvalue weighted by atomic mass is 32.2. The van der Waals surface area contributed by atoms with E-state index in [2.05, 4.69) is 20.9 Å². The highest BCUT2D eigenvalue weighted by molar-refractivity contribution is 7.86. The molecule has 0 aliphatic carbocycles. The number of carbonyl (C=O) groups excluding carboxylic acids is 1. The predicted octanol–water partition coefficient (Wildman–Crippen LogP) is 1.30. The number of carbonyl (C=O) groups is 1. The zero-order valence-electron chi connectivity index (χ0n) is 15.8. The molecule has 0 saturated carbocycles. The Hall–Kier alpha value is -1.89. The molecular formula is C18H30N4O2S. The maximum Gasteiger partial charge on any atom is 0.251 e. The van der Waals surface area contributed by atoms with Crippen LogP contribution in [0.25, 0.3) is 0 Å². The van der Waals surface area contributed by atoms with E-state index in [0.717, 1.165) is 12.0 Å². The molecule has 1 aromatic carbocycles. The van der Waals surface area contributed by atoms with E-state index in [9.17, 15) is 9.00 Å². The highest BCUT2D eigenvalue weighted by Crippen LogP contribution is 2.10. The van der Waals surface area contributed by atoms with Gasteiger partial charge in [0.05, 0.1) is 0 Å². The van der Waals surface area contributed by atoms with Gasteiger partial charge in [-0.15, -0.1) is 0 Å². The maximum absolute atomic E-state index is 12.0. The van der Waals surface area contributed by atoms with Crippen molar-refractivity contribution in [2.24, 2.45) is 4.99 Å². The molecule has 140 valence electrons. The first kappa shape index (κ1) is 21.2. The van der Waals surface area contributed by atoms with Gasteiger partial charge in [-0.05, 0) is 44.9 Å². The van der Waals surface area contributed by atoms with Crippen LogP contribution in [0.2, 0.25) is 0 Å². The molecule has 0 saturated heterocycles. The van der Waals surface area contributed by atoms with Gasteiger partial charge >= 0.3 is 0 Å². The predicted molar refractivity (Wildman–Crippen MR) is 106 cm³/mol. The summed E-state index contributed by atoms with van der Waals surface area (Å²) >= 11 is 0. The van der Waals surface area contributed by atoms with Gasteiger partial charge in [0.1, 0.15) is 0 Å². The van der Waals surface area contributed by atoms with Gasteiger partial charge in [0.2, 0.25) is 0 Å². The largest absolute Gasteiger partial charge is 0.356 e. The lowest BCUT2D eigenvalue weighted by atomic mass is 10.1. The van der Waals surface area contributed by atoms with Crippen molar-refractivity contribution in [3.05, 3.63) is 35.4 Å². The second-order valence-electron chi connectivity index (χ2n) is 6.62. The van der Waals surface area contributed by atoms with Crippen LogP contribution in [0.3, 0.4) is 0 Å². The first-order chi connectivity index (χ1) is 11.8. The van der Waals surface area contributed by atoms with Crippen molar-refractivity contribution in [3.8, 4) is 0 Å². The number of rotatable bonds is 7. The van der Waals surface area contributed by atoms with E-state index in [0.29, 0.717) is 30.4 Å². The summed E-state index contributed by atoms with van der Waals surface area (Å²) in [6.07, 6.45) is 0.777. The molecule has 3 N–H and O–H groups in total. The molecule has 7 heteroatoms. The summed E-state index contributed by atoms with van der Waals surface area (Å²) in [7, 11) is 2.45. The van der Waals surface area contributed by atoms with Crippen LogP contribution in [-0.2, 0) is 17.2 Å². The van der Waals surface area contributed by atoms with Crippen molar-refractivity contribution < 1.29 is 9.00 Å². The molecule has 0 bridgehead atoms. The van der Waals surface area contributed by atoms with Gasteiger partial charge in [-0.1, -0.05) is 12.1 Å². The van der Waals surface area contributed by atoms with Crippen LogP contribution in [0.15, 0.2) is 29.3 Å². The molecule has 0 spiro atoms. The average Bonchev–Trinajstić information content (AvgIpc) is 2.58. The molecule has 1 aromatic rings. The van der Waals surface area contributed by atoms with Crippen LogP contribution in [0.1, 0.15) is 36.7 Å². The van der Waals surface area contributed by atoms with Crippen LogP contribution in [-0.4, -0.2) is 53.8 Å². The fourth-order valence-corrected chi connectivity index (χ4v) is 3.03. The zero-order valence-corrected chi connectivity index (χ0v) is 16.6. The number of hydrogen-bond donors (Lipinski definition) is 3. The van der Waals surface area contributed by atoms with E-state index in [1.807, 2.05) is 39.0 Å². The molecule has 0 aliphatic heterocycles. The number of hydrogen-bond acceptors (Lipinski definition) is 3. The SMILES string of the molecule is CN=C(NCCc1cccc(C(=O)NC)c1)NCCS(=O)C(C)(C)C. The van der Waals surface area contributed by atoms with Gasteiger partial charge in [-0.3, -0.25) is 14.0 Å². The lowest BCUT2D eigenvalue weighted by Gasteiger charge is -2.18. The first-order valence-corrected chi connectivity index (χ1v) is 9.74. The third kappa shape index (κ3) is 7.69. The third-order valence-electron chi connectivity index (χ3n) is 3.61. The van der Waals surface area contributed by atoms with Gasteiger partial charge in [0, 0.05) is 54.0 Å². The van der Waals surface area contributed by atoms with E-state index in [1.165, 1.54) is 0 Å². The quantitative estimate of drug-likeness (QED) is 0.502. The maximum atomic E-state index is 12.0. The Morgan fingerprint density at radius 3 is 2.48 bits per heavy atom. The second-order valence-corrected chi connectivity index (χ2v) is 8.94. The summed E-state index contributed by atoms with van der Waals surface area (Å²) in [6, 6.07) is 7.57. The molecule has 0 radical (unpaired) electrons. The Morgan fingerprint density at radius 1 is 1.20 bits per heavy atom. The van der Waals surface area contributed by atoms with Crippen molar-refractivity contribution in [1.29, 1.82) is 0 Å². The molecule has 0 heterocycles. The lowest BCUT2D eigenvalue weighted by molar-refractivity contribution is 0.0963. The van der Waals surface area contributed by atoms with Gasteiger partial charge in [0.25, 0.3) is 5.91 Å². The Balaban J connectivity index is 2.41. The molecule has 0 fully saturated rings. The monoisotopic (exact) mass is 366 g/mol. The van der Waals surface area contributed by atoms with Crippen LogP contribution < -0.4 is 16.0 Å². The molecule has 0 aromatic heterocycles. The fourth-order valence-electron chi connectivity index (χ4n) is 2.13. The zero-order chi connectivity index (χ0) is 18.9. The van der Waals surface area contributed by atoms with Crippen molar-refractivity contribution in [2.45, 2.75) is 31.9 Å². The molecule has 25 heavy (non-hydrogen) atoms. The van der Waals surface area contributed by atoms with Gasteiger partial charge < -0.3 is 16.0 Å². The molecular weight excluding hydrogens is 336 g/mol. The number of guanidine groups is 1. The molecule has 1 amide bonds. The van der Waals surface area contributed by atoms with E-state index >= 15 is 0 Å². The molecule has 1 atom stereocenters. The molecule has 6 nitrogen and oxygen atoms in total. The molecule has 1 unspecified atom stereocenters. The smallest absolute Gasteiger partial charge is 0.251 e. The van der Waals surface area contributed by atoms with Crippen LogP contribution >= 0.6 is 0 Å². The number of nitrogens with zero attached hydrogens (tertiary/aromatic N) is 1. The van der Waals surface area contributed by atoms with Crippen LogP contribution in [0.4, 0.5) is 0 Å². The normalized spacial score (nSPS) is 13.2. The Morgan fingerprint density at radius 2 is 1.88 bits per heavy atom. The van der Waals surface area contributed by atoms with E-state index in [4.69, 9.17) is 0 Å². The minimum atomic E-state index is -0.882. The summed E-state index contributed by atoms with van der Waals surface area (Å²) in [4.78, 5) is 15.8.